The number of hydrogen-bond donors (Lipinski definition) is 0. The molecule has 1 spiro atoms. The highest BCUT2D eigenvalue weighted by Crippen LogP contribution is 2.34. The molecule has 4 heterocycles. The van der Waals surface area contributed by atoms with Crippen molar-refractivity contribution in [2.45, 2.75) is 19.4 Å². The van der Waals surface area contributed by atoms with Gasteiger partial charge < -0.3 is 9.64 Å². The van der Waals surface area contributed by atoms with Gasteiger partial charge in [0.05, 0.1) is 19.8 Å². The molecule has 0 saturated carbocycles. The Morgan fingerprint density at radius 1 is 1.12 bits per heavy atom. The zero-order valence-corrected chi connectivity index (χ0v) is 14.6. The Labute approximate surface area is 146 Å². The first-order valence-corrected chi connectivity index (χ1v) is 9.41. The molecule has 0 bridgehead atoms. The van der Waals surface area contributed by atoms with Gasteiger partial charge in [-0.05, 0) is 25.5 Å². The van der Waals surface area contributed by atoms with Crippen LogP contribution in [0.1, 0.15) is 17.8 Å². The van der Waals surface area contributed by atoms with E-state index in [2.05, 4.69) is 30.1 Å². The molecule has 2 saturated heterocycles. The zero-order valence-electron chi connectivity index (χ0n) is 13.8. The minimum atomic E-state index is 0.158. The molecule has 4 rings (SSSR count). The molecule has 0 N–H and O–H groups in total. The van der Waals surface area contributed by atoms with Crippen molar-refractivity contribution in [3.63, 3.8) is 0 Å². The average molecular weight is 345 g/mol. The Morgan fingerprint density at radius 2 is 2.04 bits per heavy atom. The Kier molecular flexibility index (Phi) is 4.73. The summed E-state index contributed by atoms with van der Waals surface area (Å²) in [5, 5.41) is 3.25. The van der Waals surface area contributed by atoms with Crippen molar-refractivity contribution < 1.29 is 4.74 Å². The number of aromatic nitrogens is 3. The molecule has 6 nitrogen and oxygen atoms in total. The number of ether oxygens (including phenoxy) is 1. The van der Waals surface area contributed by atoms with E-state index in [1.807, 2.05) is 24.7 Å². The first-order chi connectivity index (χ1) is 11.8. The van der Waals surface area contributed by atoms with E-state index < -0.39 is 0 Å². The molecule has 1 unspecified atom stereocenters. The zero-order chi connectivity index (χ0) is 16.2. The number of anilines is 1. The summed E-state index contributed by atoms with van der Waals surface area (Å²) in [6.07, 6.45) is 7.93. The first kappa shape index (κ1) is 15.9. The molecule has 0 aliphatic carbocycles. The van der Waals surface area contributed by atoms with Crippen LogP contribution in [0.2, 0.25) is 0 Å². The second-order valence-corrected chi connectivity index (χ2v) is 7.74. The van der Waals surface area contributed by atoms with Crippen molar-refractivity contribution >= 4 is 17.3 Å². The van der Waals surface area contributed by atoms with Gasteiger partial charge in [-0.15, -0.1) is 11.3 Å². The molecule has 7 heteroatoms. The summed E-state index contributed by atoms with van der Waals surface area (Å²) in [4.78, 5) is 18.1. The van der Waals surface area contributed by atoms with Gasteiger partial charge in [-0.3, -0.25) is 4.90 Å². The third-order valence-corrected chi connectivity index (χ3v) is 5.62. The van der Waals surface area contributed by atoms with Gasteiger partial charge in [-0.1, -0.05) is 0 Å². The van der Waals surface area contributed by atoms with E-state index in [9.17, 15) is 0 Å². The van der Waals surface area contributed by atoms with Crippen LogP contribution >= 0.6 is 11.3 Å². The van der Waals surface area contributed by atoms with Gasteiger partial charge in [0.2, 0.25) is 5.95 Å². The van der Waals surface area contributed by atoms with Gasteiger partial charge in [0.15, 0.2) is 0 Å². The van der Waals surface area contributed by atoms with Crippen molar-refractivity contribution in [2.75, 3.05) is 44.3 Å². The van der Waals surface area contributed by atoms with E-state index in [0.29, 0.717) is 0 Å². The second-order valence-electron chi connectivity index (χ2n) is 6.76. The lowest BCUT2D eigenvalue weighted by molar-refractivity contribution is 0.0106. The van der Waals surface area contributed by atoms with Crippen LogP contribution in [0.4, 0.5) is 5.95 Å². The van der Waals surface area contributed by atoms with Crippen LogP contribution in [-0.4, -0.2) is 59.2 Å². The van der Waals surface area contributed by atoms with Gasteiger partial charge in [-0.25, -0.2) is 15.0 Å². The van der Waals surface area contributed by atoms with E-state index >= 15 is 0 Å². The lowest BCUT2D eigenvalue weighted by Gasteiger charge is -2.43. The smallest absolute Gasteiger partial charge is 0.225 e. The number of piperidine rings is 1. The maximum absolute atomic E-state index is 5.99. The van der Waals surface area contributed by atoms with Crippen molar-refractivity contribution in [1.29, 1.82) is 0 Å². The van der Waals surface area contributed by atoms with Gasteiger partial charge in [-0.2, -0.15) is 0 Å². The highest BCUT2D eigenvalue weighted by Gasteiger charge is 2.39. The maximum Gasteiger partial charge on any atom is 0.225 e. The Hall–Kier alpha value is -1.57. The second kappa shape index (κ2) is 7.13. The highest BCUT2D eigenvalue weighted by atomic mass is 32.1. The summed E-state index contributed by atoms with van der Waals surface area (Å²) in [6, 6.07) is 1.87. The molecule has 2 aromatic rings. The fraction of sp³-hybridized carbons (Fsp3) is 0.588. The van der Waals surface area contributed by atoms with Crippen molar-refractivity contribution in [2.24, 2.45) is 5.41 Å². The van der Waals surface area contributed by atoms with Gasteiger partial charge in [0.25, 0.3) is 0 Å². The van der Waals surface area contributed by atoms with Gasteiger partial charge in [0, 0.05) is 49.0 Å². The van der Waals surface area contributed by atoms with Crippen LogP contribution in [0.3, 0.4) is 0 Å². The largest absolute Gasteiger partial charge is 0.379 e. The maximum atomic E-state index is 5.99. The Bertz CT molecular complexity index is 638. The molecular formula is C17H23N5OS. The molecule has 2 aliphatic heterocycles. The fourth-order valence-electron chi connectivity index (χ4n) is 3.83. The fourth-order valence-corrected chi connectivity index (χ4v) is 4.49. The summed E-state index contributed by atoms with van der Waals surface area (Å²) in [5.41, 5.74) is 0.158. The molecule has 2 fully saturated rings. The Morgan fingerprint density at radius 3 is 2.88 bits per heavy atom. The van der Waals surface area contributed by atoms with E-state index in [1.165, 1.54) is 17.8 Å². The summed E-state index contributed by atoms with van der Waals surface area (Å²) >= 11 is 1.74. The van der Waals surface area contributed by atoms with Crippen molar-refractivity contribution in [3.05, 3.63) is 35.0 Å². The predicted molar refractivity (Wildman–Crippen MR) is 94.1 cm³/mol. The van der Waals surface area contributed by atoms with E-state index in [1.54, 1.807) is 11.3 Å². The molecule has 2 aromatic heterocycles. The van der Waals surface area contributed by atoms with E-state index in [4.69, 9.17) is 4.74 Å². The third-order valence-electron chi connectivity index (χ3n) is 4.86. The summed E-state index contributed by atoms with van der Waals surface area (Å²) in [5.74, 6) is 0.819. The van der Waals surface area contributed by atoms with Crippen LogP contribution in [0.15, 0.2) is 30.0 Å². The summed E-state index contributed by atoms with van der Waals surface area (Å²) in [6.45, 7) is 6.53. The lowest BCUT2D eigenvalue weighted by Crippen LogP contribution is -2.50. The van der Waals surface area contributed by atoms with Gasteiger partial charge in [0.1, 0.15) is 5.01 Å². The number of likely N-dealkylation sites (tertiary alicyclic amines) is 1. The number of thiazole rings is 1. The molecule has 0 radical (unpaired) electrons. The number of rotatable bonds is 3. The number of hydrogen-bond acceptors (Lipinski definition) is 7. The van der Waals surface area contributed by atoms with Gasteiger partial charge >= 0.3 is 0 Å². The van der Waals surface area contributed by atoms with Crippen molar-refractivity contribution in [3.8, 4) is 0 Å². The van der Waals surface area contributed by atoms with Crippen LogP contribution < -0.4 is 4.90 Å². The van der Waals surface area contributed by atoms with E-state index in [0.717, 1.165) is 51.9 Å². The van der Waals surface area contributed by atoms with Crippen LogP contribution in [0.5, 0.6) is 0 Å². The van der Waals surface area contributed by atoms with Crippen LogP contribution in [0, 0.1) is 5.41 Å². The summed E-state index contributed by atoms with van der Waals surface area (Å²) in [7, 11) is 0. The minimum Gasteiger partial charge on any atom is -0.379 e. The minimum absolute atomic E-state index is 0.158. The third kappa shape index (κ3) is 3.58. The molecule has 0 amide bonds. The molecule has 0 aromatic carbocycles. The quantitative estimate of drug-likeness (QED) is 0.849. The molecule has 128 valence electrons. The monoisotopic (exact) mass is 345 g/mol. The lowest BCUT2D eigenvalue weighted by atomic mass is 9.80. The highest BCUT2D eigenvalue weighted by molar-refractivity contribution is 7.09. The van der Waals surface area contributed by atoms with Crippen LogP contribution in [0.25, 0.3) is 0 Å². The van der Waals surface area contributed by atoms with Crippen molar-refractivity contribution in [1.82, 2.24) is 19.9 Å². The Balaban J connectivity index is 1.49. The van der Waals surface area contributed by atoms with E-state index in [-0.39, 0.29) is 5.41 Å². The molecule has 1 atom stereocenters. The average Bonchev–Trinajstić information content (AvgIpc) is 3.03. The number of nitrogens with zero attached hydrogens (tertiary/aromatic N) is 5. The standard InChI is InChI=1S/C17H23N5OS/c1-3-17(12-21(7-1)11-15-18-6-10-24-15)13-22(8-9-23-14-17)16-19-4-2-5-20-16/h2,4-6,10H,1,3,7-9,11-14H2. The normalized spacial score (nSPS) is 25.8. The molecule has 24 heavy (non-hydrogen) atoms. The SMILES string of the molecule is c1cnc(N2CCOCC3(CCCN(Cc4nccs4)C3)C2)nc1. The predicted octanol–water partition coefficient (Wildman–Crippen LogP) is 2.05. The first-order valence-electron chi connectivity index (χ1n) is 8.54. The molecule has 2 aliphatic rings. The summed E-state index contributed by atoms with van der Waals surface area (Å²) < 4.78 is 5.99. The molecular weight excluding hydrogens is 322 g/mol. The topological polar surface area (TPSA) is 54.4 Å². The van der Waals surface area contributed by atoms with Crippen LogP contribution in [-0.2, 0) is 11.3 Å².